The van der Waals surface area contributed by atoms with Gasteiger partial charge in [-0.25, -0.2) is 4.79 Å². The van der Waals surface area contributed by atoms with Crippen LogP contribution in [0.4, 0.5) is 0 Å². The molecule has 1 saturated carbocycles. The fraction of sp³-hybridized carbons (Fsp3) is 0.529. The maximum absolute atomic E-state index is 12.0. The van der Waals surface area contributed by atoms with Gasteiger partial charge in [-0.05, 0) is 31.9 Å². The molecule has 8 nitrogen and oxygen atoms in total. The number of amides is 2. The zero-order valence-electron chi connectivity index (χ0n) is 14.0. The van der Waals surface area contributed by atoms with Crippen LogP contribution in [0, 0.1) is 11.3 Å². The number of esters is 1. The second-order valence-corrected chi connectivity index (χ2v) is 6.08. The van der Waals surface area contributed by atoms with Gasteiger partial charge in [-0.2, -0.15) is 5.26 Å². The van der Waals surface area contributed by atoms with Gasteiger partial charge in [0.1, 0.15) is 11.6 Å². The maximum atomic E-state index is 12.0. The van der Waals surface area contributed by atoms with Crippen molar-refractivity contribution in [1.82, 2.24) is 10.6 Å². The van der Waals surface area contributed by atoms with Gasteiger partial charge in [-0.3, -0.25) is 9.59 Å². The van der Waals surface area contributed by atoms with E-state index >= 15 is 0 Å². The van der Waals surface area contributed by atoms with E-state index in [1.165, 1.54) is 19.3 Å². The first-order valence-electron chi connectivity index (χ1n) is 8.19. The molecule has 1 fully saturated rings. The molecule has 1 aliphatic carbocycles. The molecule has 2 N–H and O–H groups in total. The zero-order valence-corrected chi connectivity index (χ0v) is 14.0. The Balaban J connectivity index is 1.77. The molecule has 0 radical (unpaired) electrons. The SMILES string of the molecule is C[C@@H](NC(=O)c1ccco1)C(=O)OCC(=O)NC1(C#N)CCCCC1. The lowest BCUT2D eigenvalue weighted by Crippen LogP contribution is -2.50. The Hall–Kier alpha value is -2.82. The van der Waals surface area contributed by atoms with E-state index in [0.29, 0.717) is 12.8 Å². The van der Waals surface area contributed by atoms with Crippen LogP contribution in [0.2, 0.25) is 0 Å². The van der Waals surface area contributed by atoms with Crippen LogP contribution in [-0.2, 0) is 14.3 Å². The summed E-state index contributed by atoms with van der Waals surface area (Å²) in [6, 6.07) is 4.24. The highest BCUT2D eigenvalue weighted by atomic mass is 16.5. The molecule has 0 aliphatic heterocycles. The fourth-order valence-corrected chi connectivity index (χ4v) is 2.72. The summed E-state index contributed by atoms with van der Waals surface area (Å²) >= 11 is 0. The van der Waals surface area contributed by atoms with Crippen LogP contribution in [0.5, 0.6) is 0 Å². The molecule has 0 spiro atoms. The Bertz CT molecular complexity index is 656. The lowest BCUT2D eigenvalue weighted by molar-refractivity contribution is -0.150. The number of nitrogens with one attached hydrogen (secondary N) is 2. The molecule has 2 rings (SSSR count). The first-order chi connectivity index (χ1) is 12.0. The van der Waals surface area contributed by atoms with E-state index in [1.54, 1.807) is 6.07 Å². The highest BCUT2D eigenvalue weighted by molar-refractivity contribution is 5.94. The first-order valence-corrected chi connectivity index (χ1v) is 8.19. The van der Waals surface area contributed by atoms with Gasteiger partial charge in [0.25, 0.3) is 11.8 Å². The number of nitrogens with zero attached hydrogens (tertiary/aromatic N) is 1. The van der Waals surface area contributed by atoms with E-state index in [0.717, 1.165) is 19.3 Å². The zero-order chi connectivity index (χ0) is 18.3. The Morgan fingerprint density at radius 2 is 2.08 bits per heavy atom. The lowest BCUT2D eigenvalue weighted by atomic mass is 9.83. The molecule has 1 atom stereocenters. The van der Waals surface area contributed by atoms with Crippen LogP contribution in [0.1, 0.15) is 49.6 Å². The minimum absolute atomic E-state index is 0.0747. The third-order valence-electron chi connectivity index (χ3n) is 4.09. The molecule has 1 aromatic rings. The Morgan fingerprint density at radius 1 is 1.36 bits per heavy atom. The summed E-state index contributed by atoms with van der Waals surface area (Å²) in [7, 11) is 0. The first kappa shape index (κ1) is 18.5. The third kappa shape index (κ3) is 5.08. The quantitative estimate of drug-likeness (QED) is 0.748. The third-order valence-corrected chi connectivity index (χ3v) is 4.09. The van der Waals surface area contributed by atoms with Crippen molar-refractivity contribution < 1.29 is 23.5 Å². The Kier molecular flexibility index (Phi) is 6.17. The minimum Gasteiger partial charge on any atom is -0.459 e. The maximum Gasteiger partial charge on any atom is 0.328 e. The smallest absolute Gasteiger partial charge is 0.328 e. The predicted molar refractivity (Wildman–Crippen MR) is 86.2 cm³/mol. The summed E-state index contributed by atoms with van der Waals surface area (Å²) in [5, 5.41) is 14.4. The number of ether oxygens (including phenoxy) is 1. The monoisotopic (exact) mass is 347 g/mol. The summed E-state index contributed by atoms with van der Waals surface area (Å²) in [6.07, 6.45) is 5.34. The average Bonchev–Trinajstić information content (AvgIpc) is 3.15. The molecule has 0 saturated heterocycles. The molecule has 8 heteroatoms. The normalized spacial score (nSPS) is 17.0. The van der Waals surface area contributed by atoms with Crippen LogP contribution in [0.25, 0.3) is 0 Å². The van der Waals surface area contributed by atoms with Crippen molar-refractivity contribution in [1.29, 1.82) is 5.26 Å². The van der Waals surface area contributed by atoms with Crippen molar-refractivity contribution in [3.05, 3.63) is 24.2 Å². The molecular formula is C17H21N3O5. The van der Waals surface area contributed by atoms with Crippen molar-refractivity contribution in [2.45, 2.75) is 50.6 Å². The Morgan fingerprint density at radius 3 is 2.68 bits per heavy atom. The molecule has 0 bridgehead atoms. The lowest BCUT2D eigenvalue weighted by Gasteiger charge is -2.31. The molecule has 1 heterocycles. The predicted octanol–water partition coefficient (Wildman–Crippen LogP) is 1.28. The molecular weight excluding hydrogens is 326 g/mol. The van der Waals surface area contributed by atoms with Crippen molar-refractivity contribution in [3.8, 4) is 6.07 Å². The van der Waals surface area contributed by atoms with Crippen molar-refractivity contribution in [2.24, 2.45) is 0 Å². The van der Waals surface area contributed by atoms with E-state index in [1.807, 2.05) is 0 Å². The summed E-state index contributed by atoms with van der Waals surface area (Å²) in [6.45, 7) is 0.947. The van der Waals surface area contributed by atoms with Gasteiger partial charge in [0.15, 0.2) is 12.4 Å². The summed E-state index contributed by atoms with van der Waals surface area (Å²) in [4.78, 5) is 35.6. The van der Waals surface area contributed by atoms with Gasteiger partial charge in [-0.15, -0.1) is 0 Å². The molecule has 1 aromatic heterocycles. The van der Waals surface area contributed by atoms with Crippen molar-refractivity contribution in [3.63, 3.8) is 0 Å². The number of carbonyl (C=O) groups excluding carboxylic acids is 3. The van der Waals surface area contributed by atoms with Crippen LogP contribution < -0.4 is 10.6 Å². The highest BCUT2D eigenvalue weighted by Crippen LogP contribution is 2.27. The molecule has 2 amide bonds. The number of nitriles is 1. The van der Waals surface area contributed by atoms with E-state index < -0.39 is 36.0 Å². The summed E-state index contributed by atoms with van der Waals surface area (Å²) in [5.74, 6) is -1.75. The topological polar surface area (TPSA) is 121 Å². The van der Waals surface area contributed by atoms with Gasteiger partial charge in [0, 0.05) is 0 Å². The van der Waals surface area contributed by atoms with Crippen LogP contribution in [0.15, 0.2) is 22.8 Å². The van der Waals surface area contributed by atoms with Gasteiger partial charge in [0.2, 0.25) is 0 Å². The number of rotatable bonds is 6. The Labute approximate surface area is 145 Å². The molecule has 25 heavy (non-hydrogen) atoms. The van der Waals surface area contributed by atoms with Gasteiger partial charge >= 0.3 is 5.97 Å². The largest absolute Gasteiger partial charge is 0.459 e. The van der Waals surface area contributed by atoms with E-state index in [4.69, 9.17) is 9.15 Å². The molecule has 134 valence electrons. The number of furan rings is 1. The second-order valence-electron chi connectivity index (χ2n) is 6.08. The fourth-order valence-electron chi connectivity index (χ4n) is 2.72. The second kappa shape index (κ2) is 8.33. The number of carbonyl (C=O) groups is 3. The summed E-state index contributed by atoms with van der Waals surface area (Å²) < 4.78 is 9.83. The minimum atomic E-state index is -0.940. The van der Waals surface area contributed by atoms with Crippen molar-refractivity contribution in [2.75, 3.05) is 6.61 Å². The standard InChI is InChI=1S/C17H21N3O5/c1-12(19-15(22)13-6-5-9-24-13)16(23)25-10-14(21)20-17(11-18)7-3-2-4-8-17/h5-6,9,12H,2-4,7-8,10H2,1H3,(H,19,22)(H,20,21)/t12-/m1/s1. The van der Waals surface area contributed by atoms with Crippen LogP contribution in [-0.4, -0.2) is 36.0 Å². The molecule has 0 unspecified atom stereocenters. The summed E-state index contributed by atoms with van der Waals surface area (Å²) in [5.41, 5.74) is -0.874. The van der Waals surface area contributed by atoms with Crippen LogP contribution in [0.3, 0.4) is 0 Å². The molecule has 1 aliphatic rings. The van der Waals surface area contributed by atoms with Gasteiger partial charge < -0.3 is 19.8 Å². The van der Waals surface area contributed by atoms with Gasteiger partial charge in [-0.1, -0.05) is 19.3 Å². The van der Waals surface area contributed by atoms with E-state index in [9.17, 15) is 19.6 Å². The van der Waals surface area contributed by atoms with E-state index in [-0.39, 0.29) is 5.76 Å². The average molecular weight is 347 g/mol. The van der Waals surface area contributed by atoms with Gasteiger partial charge in [0.05, 0.1) is 12.3 Å². The number of hydrogen-bond donors (Lipinski definition) is 2. The van der Waals surface area contributed by atoms with E-state index in [2.05, 4.69) is 16.7 Å². The highest BCUT2D eigenvalue weighted by Gasteiger charge is 2.33. The van der Waals surface area contributed by atoms with Crippen LogP contribution >= 0.6 is 0 Å². The number of hydrogen-bond acceptors (Lipinski definition) is 6. The molecule has 0 aromatic carbocycles. The van der Waals surface area contributed by atoms with Crippen molar-refractivity contribution >= 4 is 17.8 Å².